The van der Waals surface area contributed by atoms with Crippen molar-refractivity contribution in [3.8, 4) is 5.88 Å². The number of carboxylic acids is 1. The first-order valence-corrected chi connectivity index (χ1v) is 5.66. The van der Waals surface area contributed by atoms with Gasteiger partial charge in [-0.25, -0.2) is 14.8 Å². The van der Waals surface area contributed by atoms with Crippen molar-refractivity contribution >= 4 is 23.2 Å². The molecule has 0 bridgehead atoms. The van der Waals surface area contributed by atoms with Gasteiger partial charge in [-0.05, 0) is 6.07 Å². The molecule has 0 atom stereocenters. The van der Waals surface area contributed by atoms with Crippen LogP contribution < -0.4 is 10.1 Å². The van der Waals surface area contributed by atoms with Gasteiger partial charge >= 0.3 is 11.7 Å². The van der Waals surface area contributed by atoms with Crippen molar-refractivity contribution in [2.75, 3.05) is 12.4 Å². The average molecular weight is 290 g/mol. The van der Waals surface area contributed by atoms with Crippen LogP contribution >= 0.6 is 0 Å². The van der Waals surface area contributed by atoms with Crippen LogP contribution in [0.3, 0.4) is 0 Å². The van der Waals surface area contributed by atoms with Gasteiger partial charge in [0.1, 0.15) is 17.6 Å². The van der Waals surface area contributed by atoms with Crippen molar-refractivity contribution in [2.24, 2.45) is 0 Å². The smallest absolute Gasteiger partial charge is 0.342 e. The summed E-state index contributed by atoms with van der Waals surface area (Å²) in [4.78, 5) is 28.7. The van der Waals surface area contributed by atoms with Gasteiger partial charge in [-0.1, -0.05) is 0 Å². The number of nitrogens with zero attached hydrogens (tertiary/aromatic N) is 3. The Kier molecular flexibility index (Phi) is 3.93. The first kappa shape index (κ1) is 14.2. The van der Waals surface area contributed by atoms with Crippen LogP contribution in [-0.4, -0.2) is 33.1 Å². The van der Waals surface area contributed by atoms with E-state index in [0.29, 0.717) is 11.6 Å². The quantitative estimate of drug-likeness (QED) is 0.630. The fourth-order valence-corrected chi connectivity index (χ4v) is 1.56. The number of nitro groups is 1. The van der Waals surface area contributed by atoms with E-state index >= 15 is 0 Å². The molecule has 2 aromatic heterocycles. The lowest BCUT2D eigenvalue weighted by molar-refractivity contribution is -0.385. The molecule has 2 rings (SSSR count). The van der Waals surface area contributed by atoms with Gasteiger partial charge in [-0.3, -0.25) is 10.1 Å². The fraction of sp³-hybridized carbons (Fsp3) is 0.0833. The van der Waals surface area contributed by atoms with E-state index in [9.17, 15) is 14.9 Å². The third kappa shape index (κ3) is 3.21. The van der Waals surface area contributed by atoms with E-state index in [1.807, 2.05) is 0 Å². The van der Waals surface area contributed by atoms with Gasteiger partial charge in [0.2, 0.25) is 5.88 Å². The third-order valence-corrected chi connectivity index (χ3v) is 2.53. The highest BCUT2D eigenvalue weighted by Crippen LogP contribution is 2.22. The number of carbonyl (C=O) groups is 1. The van der Waals surface area contributed by atoms with Gasteiger partial charge in [-0.15, -0.1) is 0 Å². The number of hydrogen-bond donors (Lipinski definition) is 2. The van der Waals surface area contributed by atoms with Gasteiger partial charge in [0.25, 0.3) is 0 Å². The predicted molar refractivity (Wildman–Crippen MR) is 71.9 cm³/mol. The van der Waals surface area contributed by atoms with Gasteiger partial charge in [0, 0.05) is 12.1 Å². The predicted octanol–water partition coefficient (Wildman–Crippen LogP) is 1.84. The van der Waals surface area contributed by atoms with Crippen molar-refractivity contribution in [3.05, 3.63) is 46.3 Å². The number of aromatic nitrogens is 2. The SMILES string of the molecule is COc1ccc(Nc2cc(C(=O)O)c([N+](=O)[O-])cn2)cn1. The summed E-state index contributed by atoms with van der Waals surface area (Å²) in [5.41, 5.74) is -0.478. The Morgan fingerprint density at radius 2 is 2.14 bits per heavy atom. The Morgan fingerprint density at radius 3 is 2.67 bits per heavy atom. The molecule has 9 nitrogen and oxygen atoms in total. The first-order valence-electron chi connectivity index (χ1n) is 5.66. The molecule has 0 aromatic carbocycles. The van der Waals surface area contributed by atoms with E-state index in [1.165, 1.54) is 13.3 Å². The van der Waals surface area contributed by atoms with Crippen molar-refractivity contribution in [3.63, 3.8) is 0 Å². The maximum Gasteiger partial charge on any atom is 0.342 e. The third-order valence-electron chi connectivity index (χ3n) is 2.53. The number of carboxylic acid groups (broad SMARTS) is 1. The molecule has 0 saturated heterocycles. The van der Waals surface area contributed by atoms with Crippen molar-refractivity contribution < 1.29 is 19.6 Å². The standard InChI is InChI=1S/C12H10N4O5/c1-21-11-3-2-7(5-14-11)15-10-4-8(12(17)18)9(6-13-10)16(19)20/h2-6H,1H3,(H,13,15)(H,17,18). The maximum absolute atomic E-state index is 11.0. The highest BCUT2D eigenvalue weighted by atomic mass is 16.6. The summed E-state index contributed by atoms with van der Waals surface area (Å²) in [6, 6.07) is 4.34. The second-order valence-electron chi connectivity index (χ2n) is 3.86. The Labute approximate surface area is 118 Å². The summed E-state index contributed by atoms with van der Waals surface area (Å²) < 4.78 is 4.90. The molecule has 0 spiro atoms. The molecule has 0 unspecified atom stereocenters. The molecule has 0 aliphatic heterocycles. The minimum atomic E-state index is -1.40. The zero-order valence-electron chi connectivity index (χ0n) is 10.8. The molecule has 2 N–H and O–H groups in total. The number of ether oxygens (including phenoxy) is 1. The van der Waals surface area contributed by atoms with E-state index < -0.39 is 22.1 Å². The number of aromatic carboxylic acids is 1. The maximum atomic E-state index is 11.0. The molecule has 0 saturated carbocycles. The number of rotatable bonds is 5. The van der Waals surface area contributed by atoms with Crippen molar-refractivity contribution in [1.82, 2.24) is 9.97 Å². The largest absolute Gasteiger partial charge is 0.481 e. The monoisotopic (exact) mass is 290 g/mol. The van der Waals surface area contributed by atoms with Crippen LogP contribution in [0.25, 0.3) is 0 Å². The molecule has 9 heteroatoms. The second kappa shape index (κ2) is 5.82. The zero-order valence-corrected chi connectivity index (χ0v) is 10.8. The summed E-state index contributed by atoms with van der Waals surface area (Å²) in [6.45, 7) is 0. The number of methoxy groups -OCH3 is 1. The van der Waals surface area contributed by atoms with Gasteiger partial charge in [-0.2, -0.15) is 0 Å². The molecule has 0 aliphatic carbocycles. The molecule has 0 radical (unpaired) electrons. The molecule has 2 aromatic rings. The molecule has 108 valence electrons. The first-order chi connectivity index (χ1) is 10.0. The summed E-state index contributed by atoms with van der Waals surface area (Å²) in [6.07, 6.45) is 2.35. The summed E-state index contributed by atoms with van der Waals surface area (Å²) in [5, 5.41) is 22.5. The van der Waals surface area contributed by atoms with Crippen LogP contribution in [0.2, 0.25) is 0 Å². The molecule has 2 heterocycles. The van der Waals surface area contributed by atoms with Gasteiger partial charge in [0.05, 0.1) is 23.9 Å². The van der Waals surface area contributed by atoms with E-state index in [2.05, 4.69) is 15.3 Å². The average Bonchev–Trinajstić information content (AvgIpc) is 2.47. The number of anilines is 2. The van der Waals surface area contributed by atoms with E-state index in [0.717, 1.165) is 12.3 Å². The summed E-state index contributed by atoms with van der Waals surface area (Å²) >= 11 is 0. The van der Waals surface area contributed by atoms with Crippen molar-refractivity contribution in [1.29, 1.82) is 0 Å². The highest BCUT2D eigenvalue weighted by Gasteiger charge is 2.21. The minimum Gasteiger partial charge on any atom is -0.481 e. The van der Waals surface area contributed by atoms with Crippen LogP contribution in [0.5, 0.6) is 5.88 Å². The second-order valence-corrected chi connectivity index (χ2v) is 3.86. The normalized spacial score (nSPS) is 9.95. The molecule has 0 amide bonds. The minimum absolute atomic E-state index is 0.157. The van der Waals surface area contributed by atoms with Gasteiger partial charge in [0.15, 0.2) is 0 Å². The highest BCUT2D eigenvalue weighted by molar-refractivity contribution is 5.93. The van der Waals surface area contributed by atoms with Crippen molar-refractivity contribution in [2.45, 2.75) is 0 Å². The molecule has 0 fully saturated rings. The lowest BCUT2D eigenvalue weighted by Crippen LogP contribution is -2.05. The fourth-order valence-electron chi connectivity index (χ4n) is 1.56. The van der Waals surface area contributed by atoms with Crippen LogP contribution in [0.15, 0.2) is 30.6 Å². The number of hydrogen-bond acceptors (Lipinski definition) is 7. The number of pyridine rings is 2. The van der Waals surface area contributed by atoms with Crippen LogP contribution in [0.1, 0.15) is 10.4 Å². The topological polar surface area (TPSA) is 127 Å². The van der Waals surface area contributed by atoms with Crippen LogP contribution in [0, 0.1) is 10.1 Å². The van der Waals surface area contributed by atoms with Gasteiger partial charge < -0.3 is 15.2 Å². The molecule has 21 heavy (non-hydrogen) atoms. The van der Waals surface area contributed by atoms with Crippen LogP contribution in [0.4, 0.5) is 17.2 Å². The summed E-state index contributed by atoms with van der Waals surface area (Å²) in [5.74, 6) is -0.826. The van der Waals surface area contributed by atoms with E-state index in [4.69, 9.17) is 9.84 Å². The molecular weight excluding hydrogens is 280 g/mol. The number of nitrogens with one attached hydrogen (secondary N) is 1. The summed E-state index contributed by atoms with van der Waals surface area (Å²) in [7, 11) is 1.48. The Balaban J connectivity index is 2.29. The Morgan fingerprint density at radius 1 is 1.38 bits per heavy atom. The van der Waals surface area contributed by atoms with E-state index in [1.54, 1.807) is 12.1 Å². The lowest BCUT2D eigenvalue weighted by atomic mass is 10.2. The molecule has 0 aliphatic rings. The van der Waals surface area contributed by atoms with E-state index in [-0.39, 0.29) is 5.82 Å². The Hall–Kier alpha value is -3.23. The lowest BCUT2D eigenvalue weighted by Gasteiger charge is -2.06. The Bertz CT molecular complexity index is 687. The van der Waals surface area contributed by atoms with Crippen LogP contribution in [-0.2, 0) is 0 Å². The zero-order chi connectivity index (χ0) is 15.4. The molecular formula is C12H10N4O5.